The number of nitrogens with zero attached hydrogens (tertiary/aromatic N) is 2. The molecule has 3 rings (SSSR count). The van der Waals surface area contributed by atoms with E-state index in [9.17, 15) is 0 Å². The molecule has 0 aliphatic carbocycles. The van der Waals surface area contributed by atoms with Crippen molar-refractivity contribution in [1.82, 2.24) is 4.98 Å². The number of hydrogen-bond acceptors (Lipinski definition) is 6. The zero-order valence-corrected chi connectivity index (χ0v) is 12.7. The number of thiazole rings is 1. The van der Waals surface area contributed by atoms with Crippen LogP contribution in [-0.4, -0.2) is 11.2 Å². The summed E-state index contributed by atoms with van der Waals surface area (Å²) in [5.41, 5.74) is 3.97. The number of anilines is 1. The summed E-state index contributed by atoms with van der Waals surface area (Å²) < 4.78 is 5.40. The summed E-state index contributed by atoms with van der Waals surface area (Å²) in [7, 11) is 0. The third kappa shape index (κ3) is 2.81. The fraction of sp³-hybridized carbons (Fsp3) is 0.143. The molecule has 0 saturated heterocycles. The fourth-order valence-corrected chi connectivity index (χ4v) is 3.37. The van der Waals surface area contributed by atoms with Gasteiger partial charge in [-0.15, -0.1) is 22.7 Å². The second-order valence-electron chi connectivity index (χ2n) is 4.22. The molecular formula is C14H13N3OS2. The van der Waals surface area contributed by atoms with Crippen molar-refractivity contribution in [1.29, 1.82) is 0 Å². The molecule has 0 atom stereocenters. The predicted octanol–water partition coefficient (Wildman–Crippen LogP) is 4.53. The second kappa shape index (κ2) is 5.60. The molecule has 0 radical (unpaired) electrons. The van der Waals surface area contributed by atoms with E-state index in [1.54, 1.807) is 28.9 Å². The van der Waals surface area contributed by atoms with Gasteiger partial charge in [0.25, 0.3) is 0 Å². The third-order valence-electron chi connectivity index (χ3n) is 2.66. The van der Waals surface area contributed by atoms with Crippen molar-refractivity contribution in [2.75, 3.05) is 5.43 Å². The van der Waals surface area contributed by atoms with Crippen molar-refractivity contribution < 1.29 is 4.42 Å². The number of aryl methyl sites for hydroxylation is 2. The number of nitrogens with one attached hydrogen (secondary N) is 1. The molecule has 0 amide bonds. The Morgan fingerprint density at radius 1 is 1.30 bits per heavy atom. The van der Waals surface area contributed by atoms with Crippen LogP contribution in [0.1, 0.15) is 16.4 Å². The first-order valence-corrected chi connectivity index (χ1v) is 7.79. The first kappa shape index (κ1) is 13.1. The van der Waals surface area contributed by atoms with E-state index < -0.39 is 0 Å². The molecule has 20 heavy (non-hydrogen) atoms. The zero-order valence-electron chi connectivity index (χ0n) is 11.1. The molecule has 0 aliphatic rings. The van der Waals surface area contributed by atoms with Crippen molar-refractivity contribution in [3.63, 3.8) is 0 Å². The Morgan fingerprint density at radius 2 is 2.20 bits per heavy atom. The standard InChI is InChI=1S/C14H13N3OS2/c1-9-5-6-11(18-9)8-15-17-14-16-13(10(2)20-14)12-4-3-7-19-12/h3-8H,1-2H3,(H,16,17)/b15-8-. The van der Waals surface area contributed by atoms with Crippen LogP contribution in [0.3, 0.4) is 0 Å². The highest BCUT2D eigenvalue weighted by molar-refractivity contribution is 7.17. The summed E-state index contributed by atoms with van der Waals surface area (Å²) >= 11 is 3.28. The molecule has 3 aromatic rings. The maximum Gasteiger partial charge on any atom is 0.204 e. The molecule has 0 saturated carbocycles. The molecule has 0 aliphatic heterocycles. The number of rotatable bonds is 4. The van der Waals surface area contributed by atoms with E-state index in [1.807, 2.05) is 25.1 Å². The average Bonchev–Trinajstić information content (AvgIpc) is 3.11. The molecule has 3 heterocycles. The minimum Gasteiger partial charge on any atom is -0.460 e. The maximum absolute atomic E-state index is 5.40. The highest BCUT2D eigenvalue weighted by Crippen LogP contribution is 2.32. The van der Waals surface area contributed by atoms with E-state index in [2.05, 4.69) is 33.9 Å². The Morgan fingerprint density at radius 3 is 2.90 bits per heavy atom. The van der Waals surface area contributed by atoms with Crippen molar-refractivity contribution in [3.05, 3.63) is 46.0 Å². The van der Waals surface area contributed by atoms with Gasteiger partial charge in [-0.25, -0.2) is 4.98 Å². The minimum atomic E-state index is 0.724. The molecule has 1 N–H and O–H groups in total. The lowest BCUT2D eigenvalue weighted by Gasteiger charge is -1.92. The van der Waals surface area contributed by atoms with Gasteiger partial charge in [-0.3, -0.25) is 5.43 Å². The fourth-order valence-electron chi connectivity index (χ4n) is 1.76. The summed E-state index contributed by atoms with van der Waals surface area (Å²) in [6, 6.07) is 7.89. The number of thiophene rings is 1. The van der Waals surface area contributed by atoms with Crippen LogP contribution in [0, 0.1) is 13.8 Å². The monoisotopic (exact) mass is 303 g/mol. The van der Waals surface area contributed by atoms with Crippen LogP contribution < -0.4 is 5.43 Å². The summed E-state index contributed by atoms with van der Waals surface area (Å²) in [6.45, 7) is 3.97. The normalized spacial score (nSPS) is 11.3. The first-order valence-electron chi connectivity index (χ1n) is 6.09. The topological polar surface area (TPSA) is 50.4 Å². The zero-order chi connectivity index (χ0) is 13.9. The van der Waals surface area contributed by atoms with E-state index in [-0.39, 0.29) is 0 Å². The molecule has 102 valence electrons. The first-order chi connectivity index (χ1) is 9.72. The van der Waals surface area contributed by atoms with E-state index >= 15 is 0 Å². The molecule has 0 bridgehead atoms. The lowest BCUT2D eigenvalue weighted by atomic mass is 10.3. The summed E-state index contributed by atoms with van der Waals surface area (Å²) in [6.07, 6.45) is 1.65. The van der Waals surface area contributed by atoms with Crippen molar-refractivity contribution in [3.8, 4) is 10.6 Å². The van der Waals surface area contributed by atoms with Crippen molar-refractivity contribution >= 4 is 34.0 Å². The van der Waals surface area contributed by atoms with E-state index in [1.165, 1.54) is 9.75 Å². The van der Waals surface area contributed by atoms with Gasteiger partial charge in [-0.2, -0.15) is 5.10 Å². The smallest absolute Gasteiger partial charge is 0.204 e. The molecular weight excluding hydrogens is 290 g/mol. The highest BCUT2D eigenvalue weighted by Gasteiger charge is 2.09. The molecule has 0 unspecified atom stereocenters. The number of aromatic nitrogens is 1. The maximum atomic E-state index is 5.40. The van der Waals surface area contributed by atoms with Crippen LogP contribution in [0.25, 0.3) is 10.6 Å². The molecule has 6 heteroatoms. The van der Waals surface area contributed by atoms with E-state index in [0.29, 0.717) is 0 Å². The molecule has 4 nitrogen and oxygen atoms in total. The van der Waals surface area contributed by atoms with Crippen molar-refractivity contribution in [2.24, 2.45) is 5.10 Å². The molecule has 0 fully saturated rings. The average molecular weight is 303 g/mol. The Balaban J connectivity index is 1.72. The SMILES string of the molecule is Cc1ccc(/C=N\Nc2nc(-c3cccs3)c(C)s2)o1. The number of hydrogen-bond donors (Lipinski definition) is 1. The predicted molar refractivity (Wildman–Crippen MR) is 84.8 cm³/mol. The van der Waals surface area contributed by atoms with Gasteiger partial charge < -0.3 is 4.42 Å². The quantitative estimate of drug-likeness (QED) is 0.569. The summed E-state index contributed by atoms with van der Waals surface area (Å²) in [5, 5.41) is 6.98. The Kier molecular flexibility index (Phi) is 3.66. The summed E-state index contributed by atoms with van der Waals surface area (Å²) in [5.74, 6) is 1.60. The van der Waals surface area contributed by atoms with Gasteiger partial charge >= 0.3 is 0 Å². The van der Waals surface area contributed by atoms with Gasteiger partial charge in [0.2, 0.25) is 5.13 Å². The lowest BCUT2D eigenvalue weighted by Crippen LogP contribution is -1.88. The van der Waals surface area contributed by atoms with Crippen LogP contribution in [0.4, 0.5) is 5.13 Å². The Bertz CT molecular complexity index is 726. The Labute approximate surface area is 124 Å². The number of furan rings is 1. The van der Waals surface area contributed by atoms with Gasteiger partial charge in [0.15, 0.2) is 0 Å². The second-order valence-corrected chi connectivity index (χ2v) is 6.37. The van der Waals surface area contributed by atoms with E-state index in [0.717, 1.165) is 22.3 Å². The van der Waals surface area contributed by atoms with Crippen LogP contribution in [0.2, 0.25) is 0 Å². The van der Waals surface area contributed by atoms with Crippen LogP contribution >= 0.6 is 22.7 Å². The van der Waals surface area contributed by atoms with Gasteiger partial charge in [-0.1, -0.05) is 6.07 Å². The summed E-state index contributed by atoms with van der Waals surface area (Å²) in [4.78, 5) is 6.92. The van der Waals surface area contributed by atoms with Crippen molar-refractivity contribution in [2.45, 2.75) is 13.8 Å². The minimum absolute atomic E-state index is 0.724. The largest absolute Gasteiger partial charge is 0.460 e. The van der Waals surface area contributed by atoms with Gasteiger partial charge in [0.1, 0.15) is 11.5 Å². The van der Waals surface area contributed by atoms with Gasteiger partial charge in [-0.05, 0) is 37.4 Å². The van der Waals surface area contributed by atoms with Crippen LogP contribution in [-0.2, 0) is 0 Å². The molecule has 3 aromatic heterocycles. The molecule has 0 spiro atoms. The van der Waals surface area contributed by atoms with Crippen LogP contribution in [0.15, 0.2) is 39.2 Å². The third-order valence-corrected chi connectivity index (χ3v) is 4.42. The highest BCUT2D eigenvalue weighted by atomic mass is 32.1. The lowest BCUT2D eigenvalue weighted by molar-refractivity contribution is 0.528. The van der Waals surface area contributed by atoms with E-state index in [4.69, 9.17) is 4.42 Å². The molecule has 0 aromatic carbocycles. The van der Waals surface area contributed by atoms with Gasteiger partial charge in [0, 0.05) is 4.88 Å². The Hall–Kier alpha value is -1.92. The van der Waals surface area contributed by atoms with Gasteiger partial charge in [0.05, 0.1) is 16.8 Å². The van der Waals surface area contributed by atoms with Crippen LogP contribution in [0.5, 0.6) is 0 Å². The number of hydrazone groups is 1.